The van der Waals surface area contributed by atoms with Crippen LogP contribution in [0.4, 0.5) is 26.3 Å². The molecule has 6 rings (SSSR count). The highest BCUT2D eigenvalue weighted by atomic mass is 31.2. The van der Waals surface area contributed by atoms with E-state index in [2.05, 4.69) is 4.98 Å². The van der Waals surface area contributed by atoms with Crippen LogP contribution in [-0.4, -0.2) is 32.9 Å². The summed E-state index contributed by atoms with van der Waals surface area (Å²) < 4.78 is 109. The molecule has 16 heteroatoms. The second-order valence-electron chi connectivity index (χ2n) is 8.12. The number of benzene rings is 1. The van der Waals surface area contributed by atoms with Gasteiger partial charge in [-0.15, -0.1) is 0 Å². The van der Waals surface area contributed by atoms with Crippen molar-refractivity contribution in [3.63, 3.8) is 0 Å². The summed E-state index contributed by atoms with van der Waals surface area (Å²) in [4.78, 5) is 17.5. The summed E-state index contributed by atoms with van der Waals surface area (Å²) in [6, 6.07) is -1.12. The SMILES string of the molecule is C[C@@H]1c2c3nc(C(F)(F)F)n2C2(CN1C(=O)C[C@H](N)Cc1cc(F)c(F)cc1F)OP(=O)(O3)O2. The molecule has 1 aromatic heterocycles. The minimum absolute atomic E-state index is 0.234. The molecule has 1 aromatic carbocycles. The van der Waals surface area contributed by atoms with Crippen molar-refractivity contribution in [1.29, 1.82) is 0 Å². The Morgan fingerprint density at radius 2 is 1.91 bits per heavy atom. The number of rotatable bonds is 4. The van der Waals surface area contributed by atoms with Gasteiger partial charge in [-0.05, 0) is 25.0 Å². The van der Waals surface area contributed by atoms with Crippen molar-refractivity contribution in [2.45, 2.75) is 43.9 Å². The van der Waals surface area contributed by atoms with Crippen LogP contribution in [0, 0.1) is 17.5 Å². The Morgan fingerprint density at radius 1 is 1.26 bits per heavy atom. The molecule has 1 fully saturated rings. The van der Waals surface area contributed by atoms with Crippen molar-refractivity contribution < 1.29 is 49.3 Å². The molecule has 2 aromatic rings. The minimum atomic E-state index is -4.93. The molecule has 1 saturated heterocycles. The maximum Gasteiger partial charge on any atom is 0.539 e. The van der Waals surface area contributed by atoms with E-state index >= 15 is 0 Å². The number of phosphoric ester groups is 1. The fraction of sp³-hybridized carbons (Fsp3) is 0.444. The lowest BCUT2D eigenvalue weighted by Crippen LogP contribution is -2.60. The van der Waals surface area contributed by atoms with Gasteiger partial charge in [0, 0.05) is 18.5 Å². The molecule has 4 aliphatic rings. The summed E-state index contributed by atoms with van der Waals surface area (Å²) >= 11 is 0. The second kappa shape index (κ2) is 7.20. The fourth-order valence-electron chi connectivity index (χ4n) is 4.31. The first-order valence-electron chi connectivity index (χ1n) is 9.83. The fourth-order valence-corrected chi connectivity index (χ4v) is 5.72. The average Bonchev–Trinajstić information content (AvgIpc) is 3.01. The smallest absolute Gasteiger partial charge is 0.383 e. The normalized spacial score (nSPS) is 28.1. The van der Waals surface area contributed by atoms with Crippen molar-refractivity contribution in [3.05, 3.63) is 46.7 Å². The highest BCUT2D eigenvalue weighted by molar-refractivity contribution is 7.50. The van der Waals surface area contributed by atoms with E-state index in [0.29, 0.717) is 16.7 Å². The first-order chi connectivity index (χ1) is 15.7. The lowest BCUT2D eigenvalue weighted by molar-refractivity contribution is -0.295. The number of nitrogens with two attached hydrogens (primary N) is 1. The zero-order chi connectivity index (χ0) is 24.8. The van der Waals surface area contributed by atoms with Crippen LogP contribution in [-0.2, 0) is 36.9 Å². The first kappa shape index (κ1) is 23.1. The van der Waals surface area contributed by atoms with E-state index < -0.39 is 80.0 Å². The number of halogens is 6. The molecule has 2 N–H and O–H groups in total. The van der Waals surface area contributed by atoms with Crippen LogP contribution < -0.4 is 10.3 Å². The van der Waals surface area contributed by atoms with Gasteiger partial charge in [0.15, 0.2) is 11.6 Å². The molecule has 5 heterocycles. The third kappa shape index (κ3) is 3.41. The predicted octanol–water partition coefficient (Wildman–Crippen LogP) is 3.34. The number of hydrogen-bond donors (Lipinski definition) is 1. The lowest BCUT2D eigenvalue weighted by Gasteiger charge is -2.49. The minimum Gasteiger partial charge on any atom is -0.383 e. The van der Waals surface area contributed by atoms with Gasteiger partial charge in [-0.25, -0.2) is 26.8 Å². The van der Waals surface area contributed by atoms with E-state index in [1.165, 1.54) is 6.92 Å². The second-order valence-corrected chi connectivity index (χ2v) is 9.56. The summed E-state index contributed by atoms with van der Waals surface area (Å²) in [5.41, 5.74) is 5.43. The van der Waals surface area contributed by atoms with E-state index in [9.17, 15) is 35.7 Å². The van der Waals surface area contributed by atoms with Crippen molar-refractivity contribution in [2.24, 2.45) is 5.73 Å². The summed E-state index contributed by atoms with van der Waals surface area (Å²) in [6.07, 6.45) is -5.70. The molecule has 5 bridgehead atoms. The van der Waals surface area contributed by atoms with Gasteiger partial charge in [-0.1, -0.05) is 0 Å². The van der Waals surface area contributed by atoms with Gasteiger partial charge in [0.25, 0.3) is 5.91 Å². The van der Waals surface area contributed by atoms with Crippen LogP contribution in [0.25, 0.3) is 0 Å². The van der Waals surface area contributed by atoms with Gasteiger partial charge in [0.05, 0.1) is 12.6 Å². The molecule has 1 amide bonds. The number of carbonyl (C=O) groups excluding carboxylic acids is 1. The van der Waals surface area contributed by atoms with Crippen molar-refractivity contribution in [1.82, 2.24) is 14.5 Å². The molecule has 34 heavy (non-hydrogen) atoms. The van der Waals surface area contributed by atoms with Gasteiger partial charge in [-0.2, -0.15) is 18.2 Å². The Morgan fingerprint density at radius 3 is 2.56 bits per heavy atom. The number of nitrogens with zero attached hydrogens (tertiary/aromatic N) is 3. The standard InChI is InChI=1S/C18H15F6N4O5P/c1-7-14-15-26-16(18(22,23)24)28(14)17(32-34(30,31-15)33-17)6-27(7)13(29)4-9(25)2-8-3-11(20)12(21)5-10(8)19/h3,5,7,9H,2,4,6,25H2,1H3/t7-,9-,17?,34?/m1/s1. The molecule has 0 aliphatic carbocycles. The molecular formula is C18H15F6N4O5P. The van der Waals surface area contributed by atoms with E-state index in [0.717, 1.165) is 4.90 Å². The molecular weight excluding hydrogens is 497 g/mol. The number of amides is 1. The van der Waals surface area contributed by atoms with Crippen molar-refractivity contribution in [3.8, 4) is 5.88 Å². The Hall–Kier alpha value is -2.61. The monoisotopic (exact) mass is 512 g/mol. The third-order valence-corrected chi connectivity index (χ3v) is 7.16. The van der Waals surface area contributed by atoms with Crippen molar-refractivity contribution in [2.75, 3.05) is 6.54 Å². The first-order valence-corrected chi connectivity index (χ1v) is 11.3. The molecule has 184 valence electrons. The van der Waals surface area contributed by atoms with Gasteiger partial charge >= 0.3 is 14.0 Å². The van der Waals surface area contributed by atoms with E-state index in [1.54, 1.807) is 0 Å². The number of carbonyl (C=O) groups is 1. The predicted molar refractivity (Wildman–Crippen MR) is 98.3 cm³/mol. The van der Waals surface area contributed by atoms with Gasteiger partial charge < -0.3 is 15.2 Å². The summed E-state index contributed by atoms with van der Waals surface area (Å²) in [7, 11) is -4.20. The highest BCUT2D eigenvalue weighted by Crippen LogP contribution is 2.71. The Bertz CT molecular complexity index is 1260. The number of hydrogen-bond acceptors (Lipinski definition) is 7. The topological polar surface area (TPSA) is 109 Å². The molecule has 9 nitrogen and oxygen atoms in total. The molecule has 4 aliphatic heterocycles. The van der Waals surface area contributed by atoms with E-state index in [1.807, 2.05) is 0 Å². The van der Waals surface area contributed by atoms with Crippen molar-refractivity contribution >= 4 is 13.7 Å². The molecule has 0 radical (unpaired) electrons. The summed E-state index contributed by atoms with van der Waals surface area (Å²) in [5.74, 6) is -8.73. The highest BCUT2D eigenvalue weighted by Gasteiger charge is 2.69. The molecule has 0 unspecified atom stereocenters. The summed E-state index contributed by atoms with van der Waals surface area (Å²) in [5, 5.41) is 0. The average molecular weight is 512 g/mol. The van der Waals surface area contributed by atoms with E-state index in [4.69, 9.17) is 19.3 Å². The maximum absolute atomic E-state index is 13.9. The number of phosphoric acid groups is 1. The van der Waals surface area contributed by atoms with Crippen LogP contribution >= 0.6 is 7.82 Å². The van der Waals surface area contributed by atoms with Crippen LogP contribution in [0.2, 0.25) is 0 Å². The number of imidazole rings is 1. The largest absolute Gasteiger partial charge is 0.539 e. The van der Waals surface area contributed by atoms with E-state index in [-0.39, 0.29) is 17.7 Å². The van der Waals surface area contributed by atoms with Gasteiger partial charge in [0.2, 0.25) is 17.6 Å². The Balaban J connectivity index is 1.42. The zero-order valence-corrected chi connectivity index (χ0v) is 18.0. The van der Waals surface area contributed by atoms with Crippen LogP contribution in [0.3, 0.4) is 0 Å². The van der Waals surface area contributed by atoms with Crippen LogP contribution in [0.5, 0.6) is 5.88 Å². The number of alkyl halides is 3. The van der Waals surface area contributed by atoms with Gasteiger partial charge in [0.1, 0.15) is 11.5 Å². The summed E-state index contributed by atoms with van der Waals surface area (Å²) in [6.45, 7) is 0.795. The number of aromatic nitrogens is 2. The lowest BCUT2D eigenvalue weighted by atomic mass is 10.0. The molecule has 1 spiro atoms. The quantitative estimate of drug-likeness (QED) is 0.380. The third-order valence-electron chi connectivity index (χ3n) is 5.74. The Kier molecular flexibility index (Phi) is 4.90. The Labute approximate surface area is 187 Å². The molecule has 0 saturated carbocycles. The zero-order valence-electron chi connectivity index (χ0n) is 17.1. The van der Waals surface area contributed by atoms with Crippen LogP contribution in [0.1, 0.15) is 36.5 Å². The van der Waals surface area contributed by atoms with Crippen LogP contribution in [0.15, 0.2) is 12.1 Å². The maximum atomic E-state index is 13.9. The molecule has 2 atom stereocenters. The van der Waals surface area contributed by atoms with Gasteiger partial charge in [-0.3, -0.25) is 9.36 Å².